The molecule has 1 unspecified atom stereocenters. The van der Waals surface area contributed by atoms with Crippen LogP contribution in [0.1, 0.15) is 11.1 Å². The largest absolute Gasteiger partial charge is 0.369 e. The molecular formula is C19H21Cl2N3OS. The lowest BCUT2D eigenvalue weighted by Crippen LogP contribution is -2.44. The van der Waals surface area contributed by atoms with Crippen molar-refractivity contribution in [1.29, 1.82) is 0 Å². The van der Waals surface area contributed by atoms with Crippen molar-refractivity contribution >= 4 is 39.9 Å². The fourth-order valence-corrected chi connectivity index (χ4v) is 5.47. The Hall–Kier alpha value is -1.11. The highest BCUT2D eigenvalue weighted by atomic mass is 35.5. The van der Waals surface area contributed by atoms with Gasteiger partial charge in [0.25, 0.3) is 0 Å². The molecule has 1 fully saturated rings. The van der Waals surface area contributed by atoms with E-state index in [4.69, 9.17) is 23.2 Å². The predicted molar refractivity (Wildman–Crippen MR) is 109 cm³/mol. The van der Waals surface area contributed by atoms with Gasteiger partial charge in [-0.3, -0.25) is 0 Å². The summed E-state index contributed by atoms with van der Waals surface area (Å²) >= 11 is 12.4. The van der Waals surface area contributed by atoms with Gasteiger partial charge in [-0.05, 0) is 35.7 Å². The molecule has 2 aliphatic rings. The second-order valence-electron chi connectivity index (χ2n) is 6.57. The van der Waals surface area contributed by atoms with Crippen LogP contribution in [-0.2, 0) is 24.0 Å². The van der Waals surface area contributed by atoms with Gasteiger partial charge in [-0.25, -0.2) is 8.51 Å². The van der Waals surface area contributed by atoms with Crippen LogP contribution in [0, 0.1) is 0 Å². The van der Waals surface area contributed by atoms with Gasteiger partial charge >= 0.3 is 0 Å². The van der Waals surface area contributed by atoms with Crippen LogP contribution >= 0.6 is 23.2 Å². The first-order chi connectivity index (χ1) is 12.6. The predicted octanol–water partition coefficient (Wildman–Crippen LogP) is 3.48. The first-order valence-electron chi connectivity index (χ1n) is 8.82. The normalized spacial score (nSPS) is 19.2. The molecule has 7 heteroatoms. The Kier molecular flexibility index (Phi) is 5.53. The first-order valence-corrected chi connectivity index (χ1v) is 10.7. The maximum Gasteiger partial charge on any atom is 0.129 e. The maximum absolute atomic E-state index is 13.0. The average Bonchev–Trinajstić information content (AvgIpc) is 2.69. The molecule has 0 amide bonds. The Balaban J connectivity index is 1.58. The van der Waals surface area contributed by atoms with Gasteiger partial charge in [-0.15, -0.1) is 0 Å². The molecule has 2 aromatic carbocycles. The lowest BCUT2D eigenvalue weighted by Gasteiger charge is -2.35. The van der Waals surface area contributed by atoms with Gasteiger partial charge < -0.3 is 10.2 Å². The summed E-state index contributed by atoms with van der Waals surface area (Å²) in [5.41, 5.74) is 3.97. The number of hydrogen-bond donors (Lipinski definition) is 1. The molecule has 26 heavy (non-hydrogen) atoms. The van der Waals surface area contributed by atoms with Crippen molar-refractivity contribution in [2.24, 2.45) is 0 Å². The third-order valence-corrected chi connectivity index (χ3v) is 7.43. The second kappa shape index (κ2) is 7.87. The number of piperazine rings is 1. The number of nitrogens with one attached hydrogen (secondary N) is 1. The van der Waals surface area contributed by atoms with Crippen molar-refractivity contribution in [2.45, 2.75) is 17.9 Å². The van der Waals surface area contributed by atoms with Crippen LogP contribution in [0.3, 0.4) is 0 Å². The summed E-state index contributed by atoms with van der Waals surface area (Å²) in [5, 5.41) is 4.22. The van der Waals surface area contributed by atoms with Gasteiger partial charge in [0, 0.05) is 45.0 Å². The van der Waals surface area contributed by atoms with Gasteiger partial charge in [-0.1, -0.05) is 41.4 Å². The van der Waals surface area contributed by atoms with Crippen LogP contribution in [0.5, 0.6) is 0 Å². The van der Waals surface area contributed by atoms with E-state index in [1.54, 1.807) is 18.2 Å². The summed E-state index contributed by atoms with van der Waals surface area (Å²) in [5.74, 6) is 0. The maximum atomic E-state index is 13.0. The Morgan fingerprint density at radius 3 is 2.58 bits per heavy atom. The van der Waals surface area contributed by atoms with E-state index < -0.39 is 11.0 Å². The molecule has 0 radical (unpaired) electrons. The highest BCUT2D eigenvalue weighted by Gasteiger charge is 2.26. The molecule has 0 bridgehead atoms. The fraction of sp³-hybridized carbons (Fsp3) is 0.368. The van der Waals surface area contributed by atoms with Gasteiger partial charge in [-0.2, -0.15) is 0 Å². The zero-order valence-electron chi connectivity index (χ0n) is 14.4. The topological polar surface area (TPSA) is 35.6 Å². The Morgan fingerprint density at radius 2 is 1.77 bits per heavy atom. The Bertz CT molecular complexity index is 840. The van der Waals surface area contributed by atoms with Crippen LogP contribution < -0.4 is 10.2 Å². The number of nitrogens with zero attached hydrogens (tertiary/aromatic N) is 2. The molecule has 1 saturated heterocycles. The number of anilines is 1. The molecular weight excluding hydrogens is 389 g/mol. The van der Waals surface area contributed by atoms with E-state index in [1.807, 2.05) is 4.31 Å². The molecule has 0 aromatic heterocycles. The van der Waals surface area contributed by atoms with E-state index in [2.05, 4.69) is 28.4 Å². The number of halogens is 2. The molecule has 4 nitrogen and oxygen atoms in total. The van der Waals surface area contributed by atoms with Crippen molar-refractivity contribution in [2.75, 3.05) is 37.6 Å². The fourth-order valence-electron chi connectivity index (χ4n) is 3.66. The molecule has 1 atom stereocenters. The zero-order chi connectivity index (χ0) is 18.1. The number of fused-ring (bicyclic) bond motifs is 1. The minimum absolute atomic E-state index is 0.382. The Labute approximate surface area is 166 Å². The first kappa shape index (κ1) is 18.3. The smallest absolute Gasteiger partial charge is 0.129 e. The second-order valence-corrected chi connectivity index (χ2v) is 8.81. The Morgan fingerprint density at radius 1 is 1.00 bits per heavy atom. The van der Waals surface area contributed by atoms with E-state index in [0.29, 0.717) is 21.5 Å². The van der Waals surface area contributed by atoms with Crippen LogP contribution in [0.15, 0.2) is 41.3 Å². The van der Waals surface area contributed by atoms with Crippen molar-refractivity contribution in [3.05, 3.63) is 57.6 Å². The van der Waals surface area contributed by atoms with Crippen LogP contribution in [-0.4, -0.2) is 41.2 Å². The lowest BCUT2D eigenvalue weighted by atomic mass is 9.98. The third-order valence-electron chi connectivity index (χ3n) is 5.00. The van der Waals surface area contributed by atoms with E-state index in [-0.39, 0.29) is 0 Å². The van der Waals surface area contributed by atoms with E-state index >= 15 is 0 Å². The monoisotopic (exact) mass is 409 g/mol. The van der Waals surface area contributed by atoms with Crippen LogP contribution in [0.2, 0.25) is 10.0 Å². The lowest BCUT2D eigenvalue weighted by molar-refractivity contribution is 0.420. The molecule has 4 rings (SSSR count). The van der Waals surface area contributed by atoms with Gasteiger partial charge in [0.15, 0.2) is 0 Å². The minimum atomic E-state index is -1.32. The molecule has 2 aliphatic heterocycles. The van der Waals surface area contributed by atoms with E-state index in [0.717, 1.165) is 39.1 Å². The molecule has 0 saturated carbocycles. The zero-order valence-corrected chi connectivity index (χ0v) is 16.7. The summed E-state index contributed by atoms with van der Waals surface area (Å²) in [6, 6.07) is 11.8. The highest BCUT2D eigenvalue weighted by molar-refractivity contribution is 7.82. The third kappa shape index (κ3) is 3.51. The molecule has 1 N–H and O–H groups in total. The summed E-state index contributed by atoms with van der Waals surface area (Å²) in [7, 11) is -1.32. The van der Waals surface area contributed by atoms with Gasteiger partial charge in [0.2, 0.25) is 0 Å². The molecule has 138 valence electrons. The van der Waals surface area contributed by atoms with Crippen molar-refractivity contribution in [1.82, 2.24) is 9.62 Å². The number of rotatable bonds is 3. The average molecular weight is 410 g/mol. The summed E-state index contributed by atoms with van der Waals surface area (Å²) in [4.78, 5) is 3.04. The number of benzene rings is 2. The molecule has 2 aromatic rings. The highest BCUT2D eigenvalue weighted by Crippen LogP contribution is 2.33. The van der Waals surface area contributed by atoms with Gasteiger partial charge in [0.1, 0.15) is 11.0 Å². The molecule has 2 heterocycles. The minimum Gasteiger partial charge on any atom is -0.369 e. The molecule has 0 aliphatic carbocycles. The summed E-state index contributed by atoms with van der Waals surface area (Å²) in [6.07, 6.45) is 0.888. The summed E-state index contributed by atoms with van der Waals surface area (Å²) in [6.45, 7) is 5.50. The quantitative estimate of drug-likeness (QED) is 0.842. The SMILES string of the molecule is O=S(c1cccc(Cl)c1Cl)N1CCc2c(cccc2N2CCNCC2)C1. The van der Waals surface area contributed by atoms with E-state index in [1.165, 1.54) is 16.8 Å². The van der Waals surface area contributed by atoms with Crippen LogP contribution in [0.4, 0.5) is 5.69 Å². The standard InChI is InChI=1S/C19H21Cl2N3OS/c20-16-4-2-6-18(19(16)21)26(25)24-10-7-15-14(13-24)3-1-5-17(15)23-11-8-22-9-12-23/h1-6,22H,7-13H2. The summed E-state index contributed by atoms with van der Waals surface area (Å²) < 4.78 is 15.0. The van der Waals surface area contributed by atoms with Gasteiger partial charge in [0.05, 0.1) is 14.9 Å². The van der Waals surface area contributed by atoms with Crippen LogP contribution in [0.25, 0.3) is 0 Å². The van der Waals surface area contributed by atoms with Crippen molar-refractivity contribution in [3.8, 4) is 0 Å². The van der Waals surface area contributed by atoms with E-state index in [9.17, 15) is 4.21 Å². The van der Waals surface area contributed by atoms with Crippen molar-refractivity contribution < 1.29 is 4.21 Å². The number of hydrogen-bond acceptors (Lipinski definition) is 3. The molecule has 0 spiro atoms. The van der Waals surface area contributed by atoms with Crippen molar-refractivity contribution in [3.63, 3.8) is 0 Å².